The van der Waals surface area contributed by atoms with Crippen LogP contribution >= 0.6 is 22.6 Å². The standard InChI is InChI=1S/C13H21IN2O/c1-10(9-17-2)7-13(16-15)8-11-3-5-12(14)6-4-11/h3-6,10,13,16H,7-9,15H2,1-2H3. The topological polar surface area (TPSA) is 47.3 Å². The zero-order chi connectivity index (χ0) is 12.7. The van der Waals surface area contributed by atoms with E-state index in [0.29, 0.717) is 12.0 Å². The molecule has 0 amide bonds. The summed E-state index contributed by atoms with van der Waals surface area (Å²) in [7, 11) is 1.74. The summed E-state index contributed by atoms with van der Waals surface area (Å²) >= 11 is 2.31. The molecule has 0 saturated carbocycles. The minimum absolute atomic E-state index is 0.306. The molecule has 3 N–H and O–H groups in total. The molecule has 17 heavy (non-hydrogen) atoms. The second-order valence-corrected chi connectivity index (χ2v) is 5.74. The van der Waals surface area contributed by atoms with Gasteiger partial charge in [-0.15, -0.1) is 0 Å². The van der Waals surface area contributed by atoms with Gasteiger partial charge in [0, 0.05) is 23.3 Å². The summed E-state index contributed by atoms with van der Waals surface area (Å²) in [6.07, 6.45) is 1.98. The molecule has 0 aromatic heterocycles. The van der Waals surface area contributed by atoms with Gasteiger partial charge in [0.1, 0.15) is 0 Å². The van der Waals surface area contributed by atoms with Gasteiger partial charge in [0.05, 0.1) is 0 Å². The van der Waals surface area contributed by atoms with Gasteiger partial charge in [-0.2, -0.15) is 0 Å². The van der Waals surface area contributed by atoms with Crippen LogP contribution in [0.2, 0.25) is 0 Å². The number of methoxy groups -OCH3 is 1. The first-order valence-electron chi connectivity index (χ1n) is 5.85. The van der Waals surface area contributed by atoms with Crippen LogP contribution in [0.25, 0.3) is 0 Å². The van der Waals surface area contributed by atoms with Crippen LogP contribution < -0.4 is 11.3 Å². The van der Waals surface area contributed by atoms with E-state index in [9.17, 15) is 0 Å². The van der Waals surface area contributed by atoms with Gasteiger partial charge in [-0.3, -0.25) is 11.3 Å². The van der Waals surface area contributed by atoms with Crippen molar-refractivity contribution < 1.29 is 4.74 Å². The maximum atomic E-state index is 5.60. The van der Waals surface area contributed by atoms with Gasteiger partial charge in [0.25, 0.3) is 0 Å². The van der Waals surface area contributed by atoms with Gasteiger partial charge in [-0.05, 0) is 59.0 Å². The third-order valence-electron chi connectivity index (χ3n) is 2.77. The molecule has 0 aliphatic rings. The Hall–Kier alpha value is -0.170. The van der Waals surface area contributed by atoms with Crippen molar-refractivity contribution in [3.05, 3.63) is 33.4 Å². The minimum atomic E-state index is 0.306. The lowest BCUT2D eigenvalue weighted by Gasteiger charge is -2.20. The van der Waals surface area contributed by atoms with Crippen LogP contribution in [0.1, 0.15) is 18.9 Å². The number of halogens is 1. The smallest absolute Gasteiger partial charge is 0.0488 e. The fourth-order valence-corrected chi connectivity index (χ4v) is 2.31. The largest absolute Gasteiger partial charge is 0.384 e. The number of hydrogen-bond acceptors (Lipinski definition) is 3. The third kappa shape index (κ3) is 5.81. The summed E-state index contributed by atoms with van der Waals surface area (Å²) in [5.74, 6) is 6.12. The highest BCUT2D eigenvalue weighted by Crippen LogP contribution is 2.13. The quantitative estimate of drug-likeness (QED) is 0.452. The van der Waals surface area contributed by atoms with Crippen LogP contribution in [-0.4, -0.2) is 19.8 Å². The molecule has 0 aliphatic heterocycles. The number of nitrogens with two attached hydrogens (primary N) is 1. The fraction of sp³-hybridized carbons (Fsp3) is 0.538. The van der Waals surface area contributed by atoms with Crippen LogP contribution in [0.5, 0.6) is 0 Å². The van der Waals surface area contributed by atoms with Crippen molar-refractivity contribution in [2.75, 3.05) is 13.7 Å². The Morgan fingerprint density at radius 1 is 1.35 bits per heavy atom. The Morgan fingerprint density at radius 2 is 2.00 bits per heavy atom. The van der Waals surface area contributed by atoms with Crippen LogP contribution in [0, 0.1) is 9.49 Å². The second-order valence-electron chi connectivity index (χ2n) is 4.49. The number of hydrogen-bond donors (Lipinski definition) is 2. The normalized spacial score (nSPS) is 14.6. The molecule has 3 nitrogen and oxygen atoms in total. The molecule has 0 heterocycles. The molecule has 0 spiro atoms. The lowest BCUT2D eigenvalue weighted by molar-refractivity contribution is 0.149. The summed E-state index contributed by atoms with van der Waals surface area (Å²) in [5.41, 5.74) is 4.21. The molecular weight excluding hydrogens is 327 g/mol. The summed E-state index contributed by atoms with van der Waals surface area (Å²) in [6.45, 7) is 2.96. The van der Waals surface area contributed by atoms with Gasteiger partial charge in [-0.1, -0.05) is 19.1 Å². The molecule has 1 aromatic rings. The zero-order valence-corrected chi connectivity index (χ0v) is 12.6. The van der Waals surface area contributed by atoms with Gasteiger partial charge in [0.2, 0.25) is 0 Å². The highest BCUT2D eigenvalue weighted by Gasteiger charge is 2.12. The maximum Gasteiger partial charge on any atom is 0.0488 e. The fourth-order valence-electron chi connectivity index (χ4n) is 1.95. The highest BCUT2D eigenvalue weighted by atomic mass is 127. The van der Waals surface area contributed by atoms with Crippen molar-refractivity contribution in [2.45, 2.75) is 25.8 Å². The monoisotopic (exact) mass is 348 g/mol. The molecule has 2 unspecified atom stereocenters. The van der Waals surface area contributed by atoms with Crippen LogP contribution in [0.15, 0.2) is 24.3 Å². The molecular formula is C13H21IN2O. The van der Waals surface area contributed by atoms with Crippen molar-refractivity contribution in [3.8, 4) is 0 Å². The van der Waals surface area contributed by atoms with Crippen molar-refractivity contribution in [2.24, 2.45) is 11.8 Å². The summed E-state index contributed by atoms with van der Waals surface area (Å²) in [5, 5.41) is 0. The van der Waals surface area contributed by atoms with E-state index in [-0.39, 0.29) is 0 Å². The molecule has 1 aromatic carbocycles. The summed E-state index contributed by atoms with van der Waals surface area (Å²) < 4.78 is 6.41. The predicted octanol–water partition coefficient (Wildman–Crippen LogP) is 2.34. The average Bonchev–Trinajstić information content (AvgIpc) is 2.31. The first-order valence-corrected chi connectivity index (χ1v) is 6.93. The van der Waals surface area contributed by atoms with Crippen LogP contribution in [-0.2, 0) is 11.2 Å². The molecule has 0 aliphatic carbocycles. The maximum absolute atomic E-state index is 5.60. The molecule has 0 fully saturated rings. The van der Waals surface area contributed by atoms with Gasteiger partial charge in [0.15, 0.2) is 0 Å². The number of ether oxygens (including phenoxy) is 1. The van der Waals surface area contributed by atoms with Gasteiger partial charge < -0.3 is 4.74 Å². The highest BCUT2D eigenvalue weighted by molar-refractivity contribution is 14.1. The molecule has 2 atom stereocenters. The van der Waals surface area contributed by atoms with E-state index >= 15 is 0 Å². The Labute approximate surface area is 117 Å². The molecule has 0 saturated heterocycles. The molecule has 4 heteroatoms. The van der Waals surface area contributed by atoms with Gasteiger partial charge >= 0.3 is 0 Å². The van der Waals surface area contributed by atoms with E-state index in [2.05, 4.69) is 59.2 Å². The first kappa shape index (κ1) is 14.9. The van der Waals surface area contributed by atoms with Crippen LogP contribution in [0.3, 0.4) is 0 Å². The lowest BCUT2D eigenvalue weighted by atomic mass is 9.97. The van der Waals surface area contributed by atoms with Crippen molar-refractivity contribution in [1.82, 2.24) is 5.43 Å². The lowest BCUT2D eigenvalue weighted by Crippen LogP contribution is -2.38. The Morgan fingerprint density at radius 3 is 2.53 bits per heavy atom. The van der Waals surface area contributed by atoms with E-state index in [0.717, 1.165) is 19.4 Å². The first-order chi connectivity index (χ1) is 8.15. The summed E-state index contributed by atoms with van der Waals surface area (Å²) in [6, 6.07) is 8.88. The van der Waals surface area contributed by atoms with Crippen LogP contribution in [0.4, 0.5) is 0 Å². The summed E-state index contributed by atoms with van der Waals surface area (Å²) in [4.78, 5) is 0. The number of hydrazine groups is 1. The number of benzene rings is 1. The Kier molecular flexibility index (Phi) is 7.03. The predicted molar refractivity (Wildman–Crippen MR) is 79.6 cm³/mol. The van der Waals surface area contributed by atoms with Crippen molar-refractivity contribution in [3.63, 3.8) is 0 Å². The molecule has 0 radical (unpaired) electrons. The third-order valence-corrected chi connectivity index (χ3v) is 3.49. The van der Waals surface area contributed by atoms with Crippen molar-refractivity contribution >= 4 is 22.6 Å². The van der Waals surface area contributed by atoms with E-state index in [1.807, 2.05) is 0 Å². The number of nitrogens with one attached hydrogen (secondary N) is 1. The zero-order valence-electron chi connectivity index (χ0n) is 10.4. The van der Waals surface area contributed by atoms with E-state index in [1.165, 1.54) is 9.13 Å². The molecule has 96 valence electrons. The SMILES string of the molecule is COCC(C)CC(Cc1ccc(I)cc1)NN. The van der Waals surface area contributed by atoms with E-state index in [4.69, 9.17) is 10.6 Å². The average molecular weight is 348 g/mol. The minimum Gasteiger partial charge on any atom is -0.384 e. The Bertz CT molecular complexity index is 316. The molecule has 0 bridgehead atoms. The van der Waals surface area contributed by atoms with E-state index < -0.39 is 0 Å². The molecule has 1 rings (SSSR count). The van der Waals surface area contributed by atoms with Crippen molar-refractivity contribution in [1.29, 1.82) is 0 Å². The Balaban J connectivity index is 2.48. The van der Waals surface area contributed by atoms with Gasteiger partial charge in [-0.25, -0.2) is 0 Å². The second kappa shape index (κ2) is 8.02. The van der Waals surface area contributed by atoms with E-state index in [1.54, 1.807) is 7.11 Å². The number of rotatable bonds is 7.